The van der Waals surface area contributed by atoms with E-state index in [-0.39, 0.29) is 5.78 Å². The van der Waals surface area contributed by atoms with Crippen LogP contribution in [-0.2, 0) is 0 Å². The smallest absolute Gasteiger partial charge is 0.200 e. The van der Waals surface area contributed by atoms with E-state index < -0.39 is 0 Å². The molecule has 0 aliphatic carbocycles. The van der Waals surface area contributed by atoms with Crippen molar-refractivity contribution in [1.82, 2.24) is 0 Å². The zero-order valence-corrected chi connectivity index (χ0v) is 7.43. The predicted molar refractivity (Wildman–Crippen MR) is 44.4 cm³/mol. The molecule has 0 aliphatic heterocycles. The summed E-state index contributed by atoms with van der Waals surface area (Å²) in [5, 5.41) is 0. The highest BCUT2D eigenvalue weighted by Crippen LogP contribution is 2.18. The quantitative estimate of drug-likeness (QED) is 0.783. The summed E-state index contributed by atoms with van der Waals surface area (Å²) in [5.74, 6) is 0.292. The van der Waals surface area contributed by atoms with Crippen molar-refractivity contribution >= 4 is 21.7 Å². The maximum Gasteiger partial charge on any atom is 0.200 e. The van der Waals surface area contributed by atoms with E-state index in [0.717, 1.165) is 0 Å². The van der Waals surface area contributed by atoms with Gasteiger partial charge in [0.15, 0.2) is 11.5 Å². The van der Waals surface area contributed by atoms with Gasteiger partial charge in [0, 0.05) is 6.42 Å². The van der Waals surface area contributed by atoms with E-state index >= 15 is 0 Å². The fourth-order valence-electron chi connectivity index (χ4n) is 0.737. The van der Waals surface area contributed by atoms with E-state index in [0.29, 0.717) is 23.2 Å². The molecule has 0 amide bonds. The summed E-state index contributed by atoms with van der Waals surface area (Å²) in [7, 11) is 0. The van der Waals surface area contributed by atoms with Crippen molar-refractivity contribution in [3.63, 3.8) is 0 Å². The average Bonchev–Trinajstić information content (AvgIpc) is 2.36. The summed E-state index contributed by atoms with van der Waals surface area (Å²) < 4.78 is 5.62. The van der Waals surface area contributed by atoms with Crippen LogP contribution in [0.15, 0.2) is 21.2 Å². The SMILES string of the molecule is NCCC(=O)c1occc1Br. The van der Waals surface area contributed by atoms with Gasteiger partial charge in [-0.25, -0.2) is 0 Å². The van der Waals surface area contributed by atoms with E-state index in [9.17, 15) is 4.79 Å². The highest BCUT2D eigenvalue weighted by Gasteiger charge is 2.11. The van der Waals surface area contributed by atoms with Crippen LogP contribution in [-0.4, -0.2) is 12.3 Å². The van der Waals surface area contributed by atoms with Crippen LogP contribution in [0.4, 0.5) is 0 Å². The van der Waals surface area contributed by atoms with Crippen LogP contribution >= 0.6 is 15.9 Å². The number of hydrogen-bond acceptors (Lipinski definition) is 3. The molecule has 0 saturated carbocycles. The third kappa shape index (κ3) is 1.91. The number of halogens is 1. The highest BCUT2D eigenvalue weighted by atomic mass is 79.9. The molecule has 0 saturated heterocycles. The zero-order chi connectivity index (χ0) is 8.27. The second-order valence-electron chi connectivity index (χ2n) is 2.06. The first-order valence-electron chi connectivity index (χ1n) is 3.22. The maximum absolute atomic E-state index is 11.1. The fourth-order valence-corrected chi connectivity index (χ4v) is 1.16. The summed E-state index contributed by atoms with van der Waals surface area (Å²) in [6.45, 7) is 0.353. The summed E-state index contributed by atoms with van der Waals surface area (Å²) >= 11 is 3.18. The molecule has 11 heavy (non-hydrogen) atoms. The summed E-state index contributed by atoms with van der Waals surface area (Å²) in [6.07, 6.45) is 1.79. The van der Waals surface area contributed by atoms with Crippen molar-refractivity contribution in [3.8, 4) is 0 Å². The number of nitrogens with two attached hydrogens (primary N) is 1. The molecular formula is C7H8BrNO2. The van der Waals surface area contributed by atoms with Gasteiger partial charge in [0.1, 0.15) is 0 Å². The second-order valence-corrected chi connectivity index (χ2v) is 2.91. The molecule has 0 fully saturated rings. The molecule has 60 valence electrons. The van der Waals surface area contributed by atoms with Crippen LogP contribution < -0.4 is 5.73 Å². The Morgan fingerprint density at radius 1 is 1.73 bits per heavy atom. The number of ketones is 1. The largest absolute Gasteiger partial charge is 0.460 e. The first-order chi connectivity index (χ1) is 5.25. The fraction of sp³-hybridized carbons (Fsp3) is 0.286. The summed E-state index contributed by atoms with van der Waals surface area (Å²) in [4.78, 5) is 11.1. The van der Waals surface area contributed by atoms with Crippen LogP contribution in [0.2, 0.25) is 0 Å². The summed E-state index contributed by atoms with van der Waals surface area (Å²) in [6, 6.07) is 1.68. The van der Waals surface area contributed by atoms with Crippen molar-refractivity contribution in [2.75, 3.05) is 6.54 Å². The molecular weight excluding hydrogens is 210 g/mol. The Hall–Kier alpha value is -0.610. The van der Waals surface area contributed by atoms with E-state index in [1.165, 1.54) is 6.26 Å². The average molecular weight is 218 g/mol. The minimum Gasteiger partial charge on any atom is -0.460 e. The highest BCUT2D eigenvalue weighted by molar-refractivity contribution is 9.10. The van der Waals surface area contributed by atoms with Crippen LogP contribution in [0.1, 0.15) is 17.0 Å². The van der Waals surface area contributed by atoms with Gasteiger partial charge >= 0.3 is 0 Å². The molecule has 4 heteroatoms. The number of carbonyl (C=O) groups excluding carboxylic acids is 1. The van der Waals surface area contributed by atoms with E-state index in [4.69, 9.17) is 10.2 Å². The Bertz CT molecular complexity index is 257. The van der Waals surface area contributed by atoms with Crippen molar-refractivity contribution in [1.29, 1.82) is 0 Å². The third-order valence-corrected chi connectivity index (χ3v) is 1.87. The topological polar surface area (TPSA) is 56.2 Å². The van der Waals surface area contributed by atoms with Gasteiger partial charge in [-0.1, -0.05) is 0 Å². The second kappa shape index (κ2) is 3.69. The predicted octanol–water partition coefficient (Wildman–Crippen LogP) is 1.57. The minimum absolute atomic E-state index is 0.0654. The van der Waals surface area contributed by atoms with Crippen molar-refractivity contribution in [2.24, 2.45) is 5.73 Å². The Balaban J connectivity index is 2.76. The lowest BCUT2D eigenvalue weighted by Crippen LogP contribution is -2.07. The maximum atomic E-state index is 11.1. The number of carbonyl (C=O) groups is 1. The molecule has 0 spiro atoms. The van der Waals surface area contributed by atoms with Gasteiger partial charge in [0.2, 0.25) is 0 Å². The molecule has 2 N–H and O–H groups in total. The van der Waals surface area contributed by atoms with E-state index in [1.807, 2.05) is 0 Å². The van der Waals surface area contributed by atoms with Crippen LogP contribution in [0.5, 0.6) is 0 Å². The van der Waals surface area contributed by atoms with E-state index in [1.54, 1.807) is 6.07 Å². The monoisotopic (exact) mass is 217 g/mol. The Kier molecular flexibility index (Phi) is 2.84. The van der Waals surface area contributed by atoms with Crippen LogP contribution in [0, 0.1) is 0 Å². The van der Waals surface area contributed by atoms with Gasteiger partial charge in [-0.05, 0) is 28.5 Å². The molecule has 0 aromatic carbocycles. The van der Waals surface area contributed by atoms with Crippen molar-refractivity contribution in [2.45, 2.75) is 6.42 Å². The van der Waals surface area contributed by atoms with Crippen LogP contribution in [0.25, 0.3) is 0 Å². The molecule has 1 rings (SSSR count). The molecule has 1 aromatic heterocycles. The first kappa shape index (κ1) is 8.49. The molecule has 0 aliphatic rings. The van der Waals surface area contributed by atoms with Gasteiger partial charge in [0.25, 0.3) is 0 Å². The van der Waals surface area contributed by atoms with Gasteiger partial charge in [0.05, 0.1) is 10.7 Å². The molecule has 0 bridgehead atoms. The minimum atomic E-state index is -0.0654. The summed E-state index contributed by atoms with van der Waals surface area (Å²) in [5.41, 5.74) is 5.21. The first-order valence-corrected chi connectivity index (χ1v) is 4.01. The number of Topliss-reactive ketones (excluding diaryl/α,β-unsaturated/α-hetero) is 1. The van der Waals surface area contributed by atoms with Crippen molar-refractivity contribution in [3.05, 3.63) is 22.6 Å². The van der Waals surface area contributed by atoms with Gasteiger partial charge < -0.3 is 10.2 Å². The number of furan rings is 1. The Labute approximate surface area is 72.7 Å². The Morgan fingerprint density at radius 3 is 2.91 bits per heavy atom. The van der Waals surface area contributed by atoms with Gasteiger partial charge in [-0.2, -0.15) is 0 Å². The van der Waals surface area contributed by atoms with Gasteiger partial charge in [-0.15, -0.1) is 0 Å². The van der Waals surface area contributed by atoms with Crippen LogP contribution in [0.3, 0.4) is 0 Å². The van der Waals surface area contributed by atoms with Gasteiger partial charge in [-0.3, -0.25) is 4.79 Å². The lowest BCUT2D eigenvalue weighted by atomic mass is 10.2. The Morgan fingerprint density at radius 2 is 2.45 bits per heavy atom. The molecule has 3 nitrogen and oxygen atoms in total. The lowest BCUT2D eigenvalue weighted by molar-refractivity contribution is 0.0957. The molecule has 1 aromatic rings. The standard InChI is InChI=1S/C7H8BrNO2/c8-5-2-4-11-7(5)6(10)1-3-9/h2,4H,1,3,9H2. The normalized spacial score (nSPS) is 10.0. The number of rotatable bonds is 3. The third-order valence-electron chi connectivity index (χ3n) is 1.24. The van der Waals surface area contributed by atoms with Crippen molar-refractivity contribution < 1.29 is 9.21 Å². The molecule has 1 heterocycles. The lowest BCUT2D eigenvalue weighted by Gasteiger charge is -1.93. The number of hydrogen-bond donors (Lipinski definition) is 1. The zero-order valence-electron chi connectivity index (χ0n) is 5.84. The molecule has 0 radical (unpaired) electrons. The molecule has 0 atom stereocenters. The molecule has 0 unspecified atom stereocenters. The van der Waals surface area contributed by atoms with E-state index in [2.05, 4.69) is 15.9 Å².